The van der Waals surface area contributed by atoms with Gasteiger partial charge >= 0.3 is 5.97 Å². The lowest BCUT2D eigenvalue weighted by Gasteiger charge is -2.25. The second-order valence-electron chi connectivity index (χ2n) is 6.79. The summed E-state index contributed by atoms with van der Waals surface area (Å²) in [4.78, 5) is 14.5. The lowest BCUT2D eigenvalue weighted by molar-refractivity contribution is -0.159. The molecule has 0 bridgehead atoms. The summed E-state index contributed by atoms with van der Waals surface area (Å²) in [6, 6.07) is 10.2. The van der Waals surface area contributed by atoms with Gasteiger partial charge in [-0.2, -0.15) is 0 Å². The van der Waals surface area contributed by atoms with Gasteiger partial charge < -0.3 is 9.47 Å². The Morgan fingerprint density at radius 3 is 2.48 bits per heavy atom. The fraction of sp³-hybridized carbons (Fsp3) is 0.588. The molecule has 1 fully saturated rings. The third-order valence-corrected chi connectivity index (χ3v) is 3.73. The second kappa shape index (κ2) is 5.78. The van der Waals surface area contributed by atoms with E-state index in [0.717, 1.165) is 5.56 Å². The minimum Gasteiger partial charge on any atom is -0.459 e. The van der Waals surface area contributed by atoms with Crippen LogP contribution in [-0.4, -0.2) is 42.3 Å². The van der Waals surface area contributed by atoms with Crippen molar-refractivity contribution in [3.8, 4) is 0 Å². The van der Waals surface area contributed by atoms with Crippen molar-refractivity contribution < 1.29 is 14.3 Å². The number of carbonyl (C=O) groups is 1. The standard InChI is InChI=1S/C17H25NO3/c1-16(2,3)21-15(19)17(4)12-18(17)14(11-20-5)13-9-7-6-8-10-13/h6-10,14H,11-12H2,1-5H3/t14-,17-,18?/m0/s1. The van der Waals surface area contributed by atoms with Crippen molar-refractivity contribution in [1.29, 1.82) is 0 Å². The number of carbonyl (C=O) groups excluding carboxylic acids is 1. The highest BCUT2D eigenvalue weighted by Gasteiger charge is 2.59. The molecule has 0 amide bonds. The molecule has 116 valence electrons. The summed E-state index contributed by atoms with van der Waals surface area (Å²) in [5, 5.41) is 0. The molecule has 0 aliphatic carbocycles. The predicted molar refractivity (Wildman–Crippen MR) is 82.0 cm³/mol. The van der Waals surface area contributed by atoms with Crippen molar-refractivity contribution >= 4 is 5.97 Å². The highest BCUT2D eigenvalue weighted by atomic mass is 16.6. The summed E-state index contributed by atoms with van der Waals surface area (Å²) in [5.74, 6) is -0.160. The fourth-order valence-corrected chi connectivity index (χ4v) is 2.52. The molecular formula is C17H25NO3. The van der Waals surface area contributed by atoms with Crippen LogP contribution in [0.3, 0.4) is 0 Å². The Labute approximate surface area is 127 Å². The number of methoxy groups -OCH3 is 1. The molecule has 0 saturated carbocycles. The fourth-order valence-electron chi connectivity index (χ4n) is 2.52. The van der Waals surface area contributed by atoms with Crippen molar-refractivity contribution in [3.05, 3.63) is 35.9 Å². The van der Waals surface area contributed by atoms with Crippen LogP contribution in [0.15, 0.2) is 30.3 Å². The van der Waals surface area contributed by atoms with Gasteiger partial charge in [-0.05, 0) is 33.3 Å². The zero-order valence-corrected chi connectivity index (χ0v) is 13.6. The third-order valence-electron chi connectivity index (χ3n) is 3.73. The van der Waals surface area contributed by atoms with Gasteiger partial charge in [0, 0.05) is 13.7 Å². The molecule has 4 nitrogen and oxygen atoms in total. The van der Waals surface area contributed by atoms with Gasteiger partial charge in [0.1, 0.15) is 11.1 Å². The average molecular weight is 291 g/mol. The molecule has 4 heteroatoms. The lowest BCUT2D eigenvalue weighted by atomic mass is 10.1. The molecule has 1 aliphatic rings. The van der Waals surface area contributed by atoms with Gasteiger partial charge in [-0.1, -0.05) is 30.3 Å². The number of hydrogen-bond donors (Lipinski definition) is 0. The zero-order chi connectivity index (χ0) is 15.7. The maximum absolute atomic E-state index is 12.4. The van der Waals surface area contributed by atoms with Crippen molar-refractivity contribution in [2.45, 2.75) is 44.9 Å². The smallest absolute Gasteiger partial charge is 0.328 e. The number of esters is 1. The SMILES string of the molecule is COC[C@@H](c1ccccc1)N1C[C@@]1(C)C(=O)OC(C)(C)C. The molecule has 21 heavy (non-hydrogen) atoms. The van der Waals surface area contributed by atoms with Gasteiger partial charge in [0.2, 0.25) is 0 Å². The van der Waals surface area contributed by atoms with Gasteiger partial charge in [-0.3, -0.25) is 4.90 Å². The van der Waals surface area contributed by atoms with Crippen LogP contribution in [-0.2, 0) is 14.3 Å². The van der Waals surface area contributed by atoms with Gasteiger partial charge in [-0.25, -0.2) is 4.79 Å². The summed E-state index contributed by atoms with van der Waals surface area (Å²) in [5.41, 5.74) is 0.149. The van der Waals surface area contributed by atoms with Crippen LogP contribution >= 0.6 is 0 Å². The van der Waals surface area contributed by atoms with Crippen LogP contribution in [0.25, 0.3) is 0 Å². The molecule has 1 aliphatic heterocycles. The second-order valence-corrected chi connectivity index (χ2v) is 6.79. The number of nitrogens with zero attached hydrogens (tertiary/aromatic N) is 1. The number of ether oxygens (including phenoxy) is 2. The van der Waals surface area contributed by atoms with Gasteiger partial charge in [0.25, 0.3) is 0 Å². The quantitative estimate of drug-likeness (QED) is 0.617. The van der Waals surface area contributed by atoms with Crippen LogP contribution in [0.2, 0.25) is 0 Å². The largest absolute Gasteiger partial charge is 0.459 e. The normalized spacial score (nSPS) is 26.2. The van der Waals surface area contributed by atoms with Crippen molar-refractivity contribution in [1.82, 2.24) is 4.90 Å². The van der Waals surface area contributed by atoms with E-state index < -0.39 is 11.1 Å². The van der Waals surface area contributed by atoms with Gasteiger partial charge in [0.15, 0.2) is 0 Å². The number of hydrogen-bond acceptors (Lipinski definition) is 4. The Kier molecular flexibility index (Phi) is 4.40. The van der Waals surface area contributed by atoms with E-state index in [-0.39, 0.29) is 12.0 Å². The number of benzene rings is 1. The van der Waals surface area contributed by atoms with Crippen LogP contribution in [0, 0.1) is 0 Å². The van der Waals surface area contributed by atoms with Crippen molar-refractivity contribution in [2.24, 2.45) is 0 Å². The van der Waals surface area contributed by atoms with E-state index in [1.165, 1.54) is 0 Å². The lowest BCUT2D eigenvalue weighted by Crippen LogP contribution is -2.36. The monoisotopic (exact) mass is 291 g/mol. The minimum atomic E-state index is -0.549. The molecule has 0 N–H and O–H groups in total. The van der Waals surface area contributed by atoms with Gasteiger partial charge in [-0.15, -0.1) is 0 Å². The predicted octanol–water partition coefficient (Wildman–Crippen LogP) is 2.79. The van der Waals surface area contributed by atoms with Gasteiger partial charge in [0.05, 0.1) is 12.6 Å². The van der Waals surface area contributed by atoms with Crippen molar-refractivity contribution in [2.75, 3.05) is 20.3 Å². The van der Waals surface area contributed by atoms with E-state index in [2.05, 4.69) is 17.0 Å². The molecule has 3 atom stereocenters. The molecule has 0 radical (unpaired) electrons. The minimum absolute atomic E-state index is 0.0775. The van der Waals surface area contributed by atoms with E-state index in [4.69, 9.17) is 9.47 Å². The molecule has 1 aromatic rings. The first kappa shape index (κ1) is 16.0. The van der Waals surface area contributed by atoms with Crippen LogP contribution in [0.1, 0.15) is 39.3 Å². The molecule has 2 rings (SSSR count). The van der Waals surface area contributed by atoms with E-state index in [0.29, 0.717) is 13.2 Å². The number of rotatable bonds is 5. The highest BCUT2D eigenvalue weighted by molar-refractivity contribution is 5.84. The van der Waals surface area contributed by atoms with E-state index in [1.807, 2.05) is 45.9 Å². The Bertz CT molecular complexity index is 495. The first-order chi connectivity index (χ1) is 9.78. The summed E-state index contributed by atoms with van der Waals surface area (Å²) < 4.78 is 10.9. The molecule has 1 saturated heterocycles. The highest BCUT2D eigenvalue weighted by Crippen LogP contribution is 2.42. The average Bonchev–Trinajstić information content (AvgIpc) is 3.08. The summed E-state index contributed by atoms with van der Waals surface area (Å²) in [6.45, 7) is 8.88. The van der Waals surface area contributed by atoms with E-state index in [9.17, 15) is 4.79 Å². The maximum Gasteiger partial charge on any atom is 0.328 e. The van der Waals surface area contributed by atoms with E-state index in [1.54, 1.807) is 7.11 Å². The summed E-state index contributed by atoms with van der Waals surface area (Å²) in [7, 11) is 1.68. The molecular weight excluding hydrogens is 266 g/mol. The third kappa shape index (κ3) is 3.63. The molecule has 1 aromatic carbocycles. The molecule has 0 spiro atoms. The maximum atomic E-state index is 12.4. The Morgan fingerprint density at radius 2 is 1.95 bits per heavy atom. The van der Waals surface area contributed by atoms with Crippen molar-refractivity contribution in [3.63, 3.8) is 0 Å². The first-order valence-corrected chi connectivity index (χ1v) is 7.32. The zero-order valence-electron chi connectivity index (χ0n) is 13.6. The Hall–Kier alpha value is -1.39. The van der Waals surface area contributed by atoms with Crippen LogP contribution in [0.4, 0.5) is 0 Å². The first-order valence-electron chi connectivity index (χ1n) is 7.32. The Balaban J connectivity index is 2.13. The summed E-state index contributed by atoms with van der Waals surface area (Å²) >= 11 is 0. The molecule has 1 heterocycles. The Morgan fingerprint density at radius 1 is 1.33 bits per heavy atom. The van der Waals surface area contributed by atoms with Crippen LogP contribution in [0.5, 0.6) is 0 Å². The summed E-state index contributed by atoms with van der Waals surface area (Å²) in [6.07, 6.45) is 0. The van der Waals surface area contributed by atoms with Crippen LogP contribution < -0.4 is 0 Å². The molecule has 0 aromatic heterocycles. The van der Waals surface area contributed by atoms with E-state index >= 15 is 0 Å². The topological polar surface area (TPSA) is 38.5 Å². The molecule has 1 unspecified atom stereocenters.